The van der Waals surface area contributed by atoms with Gasteiger partial charge in [-0.15, -0.1) is 0 Å². The average molecular weight is 370 g/mol. The van der Waals surface area contributed by atoms with Gasteiger partial charge in [-0.1, -0.05) is 0 Å². The Morgan fingerprint density at radius 1 is 1.22 bits per heavy atom. The Bertz CT molecular complexity index is 881. The second-order valence-corrected chi connectivity index (χ2v) is 6.39. The van der Waals surface area contributed by atoms with Gasteiger partial charge in [-0.25, -0.2) is 0 Å². The van der Waals surface area contributed by atoms with E-state index in [4.69, 9.17) is 14.2 Å². The van der Waals surface area contributed by atoms with E-state index in [0.29, 0.717) is 29.0 Å². The molecule has 1 amide bonds. The van der Waals surface area contributed by atoms with E-state index in [1.807, 2.05) is 12.1 Å². The van der Waals surface area contributed by atoms with Crippen LogP contribution in [0.2, 0.25) is 0 Å². The molecule has 0 spiro atoms. The van der Waals surface area contributed by atoms with Gasteiger partial charge in [0.05, 0.1) is 11.5 Å². The van der Waals surface area contributed by atoms with Crippen molar-refractivity contribution in [2.45, 2.75) is 26.1 Å². The van der Waals surface area contributed by atoms with E-state index >= 15 is 0 Å². The molecule has 2 aromatic rings. The second kappa shape index (κ2) is 7.24. The van der Waals surface area contributed by atoms with Gasteiger partial charge in [0.15, 0.2) is 6.79 Å². The quantitative estimate of drug-likeness (QED) is 0.593. The van der Waals surface area contributed by atoms with E-state index in [1.165, 1.54) is 12.1 Å². The number of hydrogen-bond donors (Lipinski definition) is 0. The zero-order valence-electron chi connectivity index (χ0n) is 14.6. The molecule has 0 radical (unpaired) electrons. The standard InChI is InChI=1S/C19H18N2O6/c22-18-2-1-7-20(18)15-3-5-17(6-4-15)26-11-14-9-16(21(23)24)8-13-10-25-12-27-19(13)14/h3-6,8-9H,1-2,7,10-12H2. The average Bonchev–Trinajstić information content (AvgIpc) is 3.12. The molecule has 0 bridgehead atoms. The number of fused-ring (bicyclic) bond motifs is 1. The summed E-state index contributed by atoms with van der Waals surface area (Å²) < 4.78 is 16.5. The number of hydrogen-bond acceptors (Lipinski definition) is 6. The van der Waals surface area contributed by atoms with Crippen LogP contribution >= 0.6 is 0 Å². The fourth-order valence-electron chi connectivity index (χ4n) is 3.30. The lowest BCUT2D eigenvalue weighted by Crippen LogP contribution is -2.23. The van der Waals surface area contributed by atoms with Crippen molar-refractivity contribution in [3.8, 4) is 11.5 Å². The van der Waals surface area contributed by atoms with Crippen molar-refractivity contribution in [3.05, 3.63) is 57.6 Å². The zero-order valence-corrected chi connectivity index (χ0v) is 14.6. The number of nitrogens with zero attached hydrogens (tertiary/aromatic N) is 2. The highest BCUT2D eigenvalue weighted by Crippen LogP contribution is 2.33. The highest BCUT2D eigenvalue weighted by molar-refractivity contribution is 5.95. The summed E-state index contributed by atoms with van der Waals surface area (Å²) in [4.78, 5) is 24.3. The topological polar surface area (TPSA) is 91.1 Å². The van der Waals surface area contributed by atoms with Crippen molar-refractivity contribution in [2.24, 2.45) is 0 Å². The number of ether oxygens (including phenoxy) is 3. The molecule has 1 saturated heterocycles. The minimum Gasteiger partial charge on any atom is -0.489 e. The summed E-state index contributed by atoms with van der Waals surface area (Å²) in [5.74, 6) is 1.31. The van der Waals surface area contributed by atoms with Crippen LogP contribution in [0.5, 0.6) is 11.5 Å². The van der Waals surface area contributed by atoms with Gasteiger partial charge in [0.25, 0.3) is 5.69 Å². The molecule has 8 heteroatoms. The molecule has 2 aromatic carbocycles. The number of anilines is 1. The molecule has 1 fully saturated rings. The number of nitro groups is 1. The van der Waals surface area contributed by atoms with Crippen LogP contribution in [0.4, 0.5) is 11.4 Å². The molecule has 2 aliphatic heterocycles. The lowest BCUT2D eigenvalue weighted by atomic mass is 10.1. The van der Waals surface area contributed by atoms with E-state index in [1.54, 1.807) is 17.0 Å². The van der Waals surface area contributed by atoms with E-state index in [0.717, 1.165) is 18.7 Å². The van der Waals surface area contributed by atoms with Gasteiger partial charge in [0.1, 0.15) is 18.1 Å². The van der Waals surface area contributed by atoms with Crippen LogP contribution in [0.15, 0.2) is 36.4 Å². The number of rotatable bonds is 5. The smallest absolute Gasteiger partial charge is 0.270 e. The van der Waals surface area contributed by atoms with Crippen molar-refractivity contribution in [1.29, 1.82) is 0 Å². The van der Waals surface area contributed by atoms with Crippen LogP contribution < -0.4 is 14.4 Å². The summed E-state index contributed by atoms with van der Waals surface area (Å²) in [5.41, 5.74) is 2.06. The fourth-order valence-corrected chi connectivity index (χ4v) is 3.30. The van der Waals surface area contributed by atoms with Crippen LogP contribution in [0.3, 0.4) is 0 Å². The number of non-ortho nitro benzene ring substituents is 1. The third kappa shape index (κ3) is 3.56. The van der Waals surface area contributed by atoms with E-state index < -0.39 is 4.92 Å². The molecule has 2 aliphatic rings. The third-order valence-corrected chi connectivity index (χ3v) is 4.60. The minimum atomic E-state index is -0.444. The summed E-state index contributed by atoms with van der Waals surface area (Å²) in [7, 11) is 0. The van der Waals surface area contributed by atoms with Crippen LogP contribution in [-0.2, 0) is 22.7 Å². The molecule has 0 aliphatic carbocycles. The first kappa shape index (κ1) is 17.3. The first-order valence-electron chi connectivity index (χ1n) is 8.66. The van der Waals surface area contributed by atoms with E-state index in [-0.39, 0.29) is 31.6 Å². The van der Waals surface area contributed by atoms with Gasteiger partial charge in [0, 0.05) is 41.9 Å². The van der Waals surface area contributed by atoms with Crippen molar-refractivity contribution in [1.82, 2.24) is 0 Å². The molecule has 0 atom stereocenters. The predicted octanol–water partition coefficient (Wildman–Crippen LogP) is 3.17. The Hall–Kier alpha value is -3.13. The Morgan fingerprint density at radius 3 is 2.74 bits per heavy atom. The molecule has 0 N–H and O–H groups in total. The maximum absolute atomic E-state index is 11.8. The first-order valence-corrected chi connectivity index (χ1v) is 8.66. The summed E-state index contributed by atoms with van der Waals surface area (Å²) in [6.07, 6.45) is 1.46. The van der Waals surface area contributed by atoms with E-state index in [2.05, 4.69) is 0 Å². The van der Waals surface area contributed by atoms with Crippen LogP contribution in [0.1, 0.15) is 24.0 Å². The Balaban J connectivity index is 1.50. The minimum absolute atomic E-state index is 0.0238. The molecule has 2 heterocycles. The monoisotopic (exact) mass is 370 g/mol. The number of carbonyl (C=O) groups is 1. The molecule has 140 valence electrons. The number of carbonyl (C=O) groups excluding carboxylic acids is 1. The maximum Gasteiger partial charge on any atom is 0.270 e. The van der Waals surface area contributed by atoms with Crippen LogP contribution in [-0.4, -0.2) is 24.2 Å². The van der Waals surface area contributed by atoms with Gasteiger partial charge >= 0.3 is 0 Å². The lowest BCUT2D eigenvalue weighted by molar-refractivity contribution is -0.385. The van der Waals surface area contributed by atoms with E-state index in [9.17, 15) is 14.9 Å². The SMILES string of the molecule is O=C1CCCN1c1ccc(OCc2cc([N+](=O)[O-])cc3c2OCOC3)cc1. The van der Waals surface area contributed by atoms with Gasteiger partial charge in [0.2, 0.25) is 5.91 Å². The summed E-state index contributed by atoms with van der Waals surface area (Å²) in [6.45, 7) is 1.24. The largest absolute Gasteiger partial charge is 0.489 e. The highest BCUT2D eigenvalue weighted by Gasteiger charge is 2.22. The Kier molecular flexibility index (Phi) is 4.64. The van der Waals surface area contributed by atoms with Gasteiger partial charge in [-0.2, -0.15) is 0 Å². The normalized spacial score (nSPS) is 16.0. The summed E-state index contributed by atoms with van der Waals surface area (Å²) in [5, 5.41) is 11.2. The first-order chi connectivity index (χ1) is 13.1. The molecule has 0 unspecified atom stereocenters. The van der Waals surface area contributed by atoms with Gasteiger partial charge in [-0.3, -0.25) is 14.9 Å². The van der Waals surface area contributed by atoms with Crippen LogP contribution in [0.25, 0.3) is 0 Å². The number of benzene rings is 2. The summed E-state index contributed by atoms with van der Waals surface area (Å²) in [6, 6.07) is 10.2. The van der Waals surface area contributed by atoms with Gasteiger partial charge in [-0.05, 0) is 30.7 Å². The second-order valence-electron chi connectivity index (χ2n) is 6.39. The highest BCUT2D eigenvalue weighted by atomic mass is 16.7. The molecule has 4 rings (SSSR count). The van der Waals surface area contributed by atoms with Crippen LogP contribution in [0, 0.1) is 10.1 Å². The Morgan fingerprint density at radius 2 is 2.04 bits per heavy atom. The van der Waals surface area contributed by atoms with Crippen molar-refractivity contribution in [3.63, 3.8) is 0 Å². The maximum atomic E-state index is 11.8. The molecule has 0 saturated carbocycles. The predicted molar refractivity (Wildman–Crippen MR) is 95.7 cm³/mol. The summed E-state index contributed by atoms with van der Waals surface area (Å²) >= 11 is 0. The van der Waals surface area contributed by atoms with Gasteiger partial charge < -0.3 is 19.1 Å². The molecule has 0 aromatic heterocycles. The number of nitro benzene ring substituents is 1. The van der Waals surface area contributed by atoms with Crippen molar-refractivity contribution >= 4 is 17.3 Å². The fraction of sp³-hybridized carbons (Fsp3) is 0.316. The van der Waals surface area contributed by atoms with Crippen molar-refractivity contribution in [2.75, 3.05) is 18.2 Å². The zero-order chi connectivity index (χ0) is 18.8. The molecular formula is C19H18N2O6. The van der Waals surface area contributed by atoms with Crippen molar-refractivity contribution < 1.29 is 23.9 Å². The lowest BCUT2D eigenvalue weighted by Gasteiger charge is -2.21. The Labute approximate surface area is 155 Å². The number of amides is 1. The third-order valence-electron chi connectivity index (χ3n) is 4.60. The molecule has 27 heavy (non-hydrogen) atoms. The molecule has 8 nitrogen and oxygen atoms in total. The molecular weight excluding hydrogens is 352 g/mol.